The first-order valence-corrected chi connectivity index (χ1v) is 0.901. The zero-order chi connectivity index (χ0) is 3.41. The van der Waals surface area contributed by atoms with E-state index >= 15 is 0 Å². The van der Waals surface area contributed by atoms with Crippen LogP contribution in [0.15, 0.2) is 12.7 Å². The molecule has 2 heteroatoms. The standard InChI is InChI=1S/C3H3O.Fe/c1-2-3-4;/h2H,1H2;/q-1;. The molecule has 0 aromatic carbocycles. The normalized spacial score (nSPS) is 4.00. The third kappa shape index (κ3) is 16.9. The zero-order valence-corrected chi connectivity index (χ0v) is 3.65. The second kappa shape index (κ2) is 9.06. The molecule has 30 valence electrons. The Labute approximate surface area is 41.5 Å². The molecule has 0 unspecified atom stereocenters. The van der Waals surface area contributed by atoms with E-state index in [1.807, 2.05) is 0 Å². The smallest absolute Gasteiger partial charge is 0 e. The second-order valence-electron chi connectivity index (χ2n) is 0.322. The summed E-state index contributed by atoms with van der Waals surface area (Å²) in [7, 11) is 0. The molecule has 0 amide bonds. The molecule has 0 aromatic rings. The SMILES string of the molecule is C=C[C-]=O.[Fe]. The number of rotatable bonds is 1. The van der Waals surface area contributed by atoms with Crippen molar-refractivity contribution in [3.8, 4) is 0 Å². The largest absolute Gasteiger partial charge is 0.419 e. The van der Waals surface area contributed by atoms with Crippen molar-refractivity contribution in [3.63, 3.8) is 0 Å². The van der Waals surface area contributed by atoms with Crippen LogP contribution in [0, 0.1) is 0 Å². The average molecular weight is 111 g/mol. The summed E-state index contributed by atoms with van der Waals surface area (Å²) in [6, 6.07) is 0. The predicted molar refractivity (Wildman–Crippen MR) is 15.9 cm³/mol. The van der Waals surface area contributed by atoms with Gasteiger partial charge in [0, 0.05) is 17.1 Å². The van der Waals surface area contributed by atoms with E-state index in [4.69, 9.17) is 4.79 Å². The Morgan fingerprint density at radius 1 is 1.80 bits per heavy atom. The van der Waals surface area contributed by atoms with Gasteiger partial charge in [-0.05, 0) is 6.29 Å². The third-order valence-electron chi connectivity index (χ3n) is 0.0833. The van der Waals surface area contributed by atoms with E-state index in [0.717, 1.165) is 6.08 Å². The predicted octanol–water partition coefficient (Wildman–Crippen LogP) is 0.280. The fraction of sp³-hybridized carbons (Fsp3) is 0. The minimum atomic E-state index is 0. The average Bonchev–Trinajstić information content (AvgIpc) is 1.37. The van der Waals surface area contributed by atoms with Gasteiger partial charge in [0.2, 0.25) is 0 Å². The van der Waals surface area contributed by atoms with E-state index in [9.17, 15) is 0 Å². The third-order valence-corrected chi connectivity index (χ3v) is 0.0833. The van der Waals surface area contributed by atoms with E-state index < -0.39 is 0 Å². The molecule has 0 spiro atoms. The molecule has 0 N–H and O–H groups in total. The molecule has 0 radical (unpaired) electrons. The summed E-state index contributed by atoms with van der Waals surface area (Å²) in [5.41, 5.74) is 0. The maximum atomic E-state index is 8.93. The molecule has 0 saturated heterocycles. The summed E-state index contributed by atoms with van der Waals surface area (Å²) in [6.45, 7) is 3.06. The minimum absolute atomic E-state index is 0. The van der Waals surface area contributed by atoms with Crippen LogP contribution in [0.4, 0.5) is 0 Å². The van der Waals surface area contributed by atoms with Crippen LogP contribution < -0.4 is 0 Å². The molecule has 1 nitrogen and oxygen atoms in total. The summed E-state index contributed by atoms with van der Waals surface area (Å²) < 4.78 is 0. The van der Waals surface area contributed by atoms with Crippen molar-refractivity contribution in [3.05, 3.63) is 12.7 Å². The van der Waals surface area contributed by atoms with Gasteiger partial charge < -0.3 is 4.79 Å². The number of hydrogen-bond donors (Lipinski definition) is 0. The molecular formula is C3H3FeO-. The maximum absolute atomic E-state index is 8.93. The van der Waals surface area contributed by atoms with Crippen LogP contribution in [-0.4, -0.2) is 6.29 Å². The van der Waals surface area contributed by atoms with Crippen LogP contribution in [0.25, 0.3) is 0 Å². The summed E-state index contributed by atoms with van der Waals surface area (Å²) >= 11 is 0. The van der Waals surface area contributed by atoms with Gasteiger partial charge in [-0.1, -0.05) is 0 Å². The maximum Gasteiger partial charge on any atom is 0 e. The fourth-order valence-corrected chi connectivity index (χ4v) is 0. The molecule has 0 fully saturated rings. The van der Waals surface area contributed by atoms with Crippen LogP contribution in [0.2, 0.25) is 0 Å². The molecule has 0 saturated carbocycles. The Balaban J connectivity index is 0. The molecule has 0 atom stereocenters. The van der Waals surface area contributed by atoms with Crippen LogP contribution >= 0.6 is 0 Å². The quantitative estimate of drug-likeness (QED) is 0.270. The van der Waals surface area contributed by atoms with Gasteiger partial charge in [0.25, 0.3) is 0 Å². The van der Waals surface area contributed by atoms with Gasteiger partial charge in [-0.15, -0.1) is 0 Å². The van der Waals surface area contributed by atoms with Gasteiger partial charge in [0.1, 0.15) is 0 Å². The van der Waals surface area contributed by atoms with Crippen LogP contribution in [0.1, 0.15) is 0 Å². The van der Waals surface area contributed by atoms with Gasteiger partial charge in [-0.25, -0.2) is 12.7 Å². The van der Waals surface area contributed by atoms with Crippen LogP contribution in [0.5, 0.6) is 0 Å². The molecule has 0 aliphatic heterocycles. The van der Waals surface area contributed by atoms with Crippen molar-refractivity contribution in [1.82, 2.24) is 0 Å². The first-order valence-electron chi connectivity index (χ1n) is 0.901. The Hall–Kier alpha value is -0.0705. The molecule has 5 heavy (non-hydrogen) atoms. The number of carbonyl (C=O) groups excluding carboxylic acids is 1. The summed E-state index contributed by atoms with van der Waals surface area (Å²) in [4.78, 5) is 8.93. The summed E-state index contributed by atoms with van der Waals surface area (Å²) in [5, 5.41) is 0. The summed E-state index contributed by atoms with van der Waals surface area (Å²) in [6.07, 6.45) is 2.51. The van der Waals surface area contributed by atoms with Crippen molar-refractivity contribution in [2.75, 3.05) is 0 Å². The first-order chi connectivity index (χ1) is 1.91. The van der Waals surface area contributed by atoms with Crippen molar-refractivity contribution >= 4 is 6.29 Å². The number of allylic oxidation sites excluding steroid dienone is 1. The van der Waals surface area contributed by atoms with E-state index in [1.165, 1.54) is 6.29 Å². The first kappa shape index (κ1) is 8.87. The van der Waals surface area contributed by atoms with Gasteiger partial charge >= 0.3 is 0 Å². The Bertz CT molecular complexity index is 27.9. The van der Waals surface area contributed by atoms with E-state index in [0.29, 0.717) is 0 Å². The molecule has 0 aliphatic rings. The van der Waals surface area contributed by atoms with E-state index in [1.54, 1.807) is 0 Å². The van der Waals surface area contributed by atoms with Gasteiger partial charge in [0.15, 0.2) is 0 Å². The Kier molecular flexibility index (Phi) is 16.1. The fourth-order valence-electron chi connectivity index (χ4n) is 0. The van der Waals surface area contributed by atoms with E-state index in [2.05, 4.69) is 6.58 Å². The van der Waals surface area contributed by atoms with Gasteiger partial charge in [-0.3, -0.25) is 0 Å². The molecule has 0 rings (SSSR count). The molecule has 0 heterocycles. The van der Waals surface area contributed by atoms with Crippen molar-refractivity contribution in [1.29, 1.82) is 0 Å². The van der Waals surface area contributed by atoms with Gasteiger partial charge in [-0.2, -0.15) is 0 Å². The van der Waals surface area contributed by atoms with Crippen molar-refractivity contribution in [2.45, 2.75) is 0 Å². The summed E-state index contributed by atoms with van der Waals surface area (Å²) in [5.74, 6) is 0. The van der Waals surface area contributed by atoms with Crippen molar-refractivity contribution < 1.29 is 21.9 Å². The van der Waals surface area contributed by atoms with Crippen molar-refractivity contribution in [2.24, 2.45) is 0 Å². The topological polar surface area (TPSA) is 17.1 Å². The van der Waals surface area contributed by atoms with Gasteiger partial charge in [0.05, 0.1) is 0 Å². The molecule has 0 aliphatic carbocycles. The minimum Gasteiger partial charge on any atom is -0.419 e. The number of hydrogen-bond acceptors (Lipinski definition) is 1. The zero-order valence-electron chi connectivity index (χ0n) is 2.55. The Morgan fingerprint density at radius 2 is 2.00 bits per heavy atom. The molecular weight excluding hydrogens is 108 g/mol. The molecule has 0 bridgehead atoms. The molecule has 0 aromatic heterocycles. The second-order valence-corrected chi connectivity index (χ2v) is 0.322. The van der Waals surface area contributed by atoms with Crippen LogP contribution in [-0.2, 0) is 21.9 Å². The Morgan fingerprint density at radius 3 is 2.00 bits per heavy atom. The van der Waals surface area contributed by atoms with Crippen LogP contribution in [0.3, 0.4) is 0 Å². The monoisotopic (exact) mass is 111 g/mol. The van der Waals surface area contributed by atoms with E-state index in [-0.39, 0.29) is 17.1 Å².